The van der Waals surface area contributed by atoms with E-state index in [1.165, 1.54) is 23.9 Å². The van der Waals surface area contributed by atoms with Crippen LogP contribution >= 0.6 is 11.6 Å². The largest absolute Gasteiger partial charge is 0.573 e. The number of aromatic nitrogens is 4. The molecule has 0 spiro atoms. The standard InChI is InChI=1S/C22H14ClF6N5O3/c1-11(18-33-16-3-2-6-30-19(16)34(18)17-5-4-13(23)10-31-17)32-20(35)12-7-14(36-21(24,25)26)9-15(8-12)37-22(27,28)29/h2-11H,1H3,(H,32,35). The van der Waals surface area contributed by atoms with Gasteiger partial charge >= 0.3 is 12.7 Å². The fourth-order valence-corrected chi connectivity index (χ4v) is 3.49. The molecule has 1 N–H and O–H groups in total. The number of fused-ring (bicyclic) bond motifs is 1. The zero-order valence-electron chi connectivity index (χ0n) is 18.4. The Morgan fingerprint density at radius 3 is 2.22 bits per heavy atom. The van der Waals surface area contributed by atoms with Gasteiger partial charge in [-0.3, -0.25) is 9.36 Å². The maximum atomic E-state index is 12.9. The number of hydrogen-bond acceptors (Lipinski definition) is 6. The summed E-state index contributed by atoms with van der Waals surface area (Å²) in [4.78, 5) is 25.9. The van der Waals surface area contributed by atoms with Gasteiger partial charge in [-0.2, -0.15) is 0 Å². The number of rotatable bonds is 6. The molecule has 37 heavy (non-hydrogen) atoms. The third kappa shape index (κ3) is 6.39. The SMILES string of the molecule is CC(NC(=O)c1cc(OC(F)(F)F)cc(OC(F)(F)F)c1)c1nc2cccnc2n1-c1ccc(Cl)cn1. The lowest BCUT2D eigenvalue weighted by Gasteiger charge is -2.17. The Balaban J connectivity index is 1.69. The first kappa shape index (κ1) is 26.0. The summed E-state index contributed by atoms with van der Waals surface area (Å²) in [7, 11) is 0. The summed E-state index contributed by atoms with van der Waals surface area (Å²) in [5.74, 6) is -2.60. The fraction of sp³-hybridized carbons (Fsp3) is 0.182. The number of pyridine rings is 2. The molecule has 0 saturated heterocycles. The summed E-state index contributed by atoms with van der Waals surface area (Å²) >= 11 is 5.91. The molecule has 0 aliphatic heterocycles. The maximum absolute atomic E-state index is 12.9. The number of nitrogens with one attached hydrogen (secondary N) is 1. The van der Waals surface area contributed by atoms with Crippen molar-refractivity contribution in [3.05, 3.63) is 71.3 Å². The first-order chi connectivity index (χ1) is 17.3. The van der Waals surface area contributed by atoms with Gasteiger partial charge in [0.2, 0.25) is 0 Å². The molecule has 0 aliphatic rings. The summed E-state index contributed by atoms with van der Waals surface area (Å²) in [5, 5.41) is 2.86. The molecule has 15 heteroatoms. The molecular weight excluding hydrogens is 532 g/mol. The Hall–Kier alpha value is -4.07. The Morgan fingerprint density at radius 1 is 1.00 bits per heavy atom. The average molecular weight is 546 g/mol. The molecule has 0 saturated carbocycles. The van der Waals surface area contributed by atoms with Crippen LogP contribution in [0.2, 0.25) is 5.02 Å². The lowest BCUT2D eigenvalue weighted by atomic mass is 10.1. The highest BCUT2D eigenvalue weighted by Crippen LogP contribution is 2.32. The minimum Gasteiger partial charge on any atom is -0.406 e. The van der Waals surface area contributed by atoms with Crippen molar-refractivity contribution < 1.29 is 40.6 Å². The van der Waals surface area contributed by atoms with Crippen molar-refractivity contribution in [2.75, 3.05) is 0 Å². The van der Waals surface area contributed by atoms with E-state index in [2.05, 4.69) is 29.7 Å². The van der Waals surface area contributed by atoms with Gasteiger partial charge in [-0.05, 0) is 43.3 Å². The van der Waals surface area contributed by atoms with Crippen LogP contribution in [-0.2, 0) is 0 Å². The molecule has 8 nitrogen and oxygen atoms in total. The molecule has 3 aromatic heterocycles. The van der Waals surface area contributed by atoms with E-state index in [-0.39, 0.29) is 5.82 Å². The van der Waals surface area contributed by atoms with E-state index >= 15 is 0 Å². The van der Waals surface area contributed by atoms with Crippen molar-refractivity contribution >= 4 is 28.7 Å². The van der Waals surface area contributed by atoms with Crippen LogP contribution in [-0.4, -0.2) is 38.2 Å². The van der Waals surface area contributed by atoms with Crippen LogP contribution in [0.1, 0.15) is 29.1 Å². The van der Waals surface area contributed by atoms with Crippen LogP contribution < -0.4 is 14.8 Å². The van der Waals surface area contributed by atoms with Crippen molar-refractivity contribution in [3.8, 4) is 17.3 Å². The monoisotopic (exact) mass is 545 g/mol. The summed E-state index contributed by atoms with van der Waals surface area (Å²) < 4.78 is 85.1. The van der Waals surface area contributed by atoms with Gasteiger partial charge in [0.25, 0.3) is 5.91 Å². The molecule has 0 fully saturated rings. The molecular formula is C22H14ClF6N5O3. The second kappa shape index (κ2) is 9.76. The van der Waals surface area contributed by atoms with Gasteiger partial charge < -0.3 is 14.8 Å². The van der Waals surface area contributed by atoms with Gasteiger partial charge in [-0.25, -0.2) is 15.0 Å². The third-order valence-corrected chi connectivity index (χ3v) is 4.95. The highest BCUT2D eigenvalue weighted by Gasteiger charge is 2.34. The first-order valence-corrected chi connectivity index (χ1v) is 10.6. The molecule has 1 unspecified atom stereocenters. The van der Waals surface area contributed by atoms with E-state index in [4.69, 9.17) is 11.6 Å². The van der Waals surface area contributed by atoms with E-state index in [9.17, 15) is 31.1 Å². The van der Waals surface area contributed by atoms with Crippen LogP contribution in [0.4, 0.5) is 26.3 Å². The number of ether oxygens (including phenoxy) is 2. The summed E-state index contributed by atoms with van der Waals surface area (Å²) in [6.07, 6.45) is -7.55. The van der Waals surface area contributed by atoms with E-state index < -0.39 is 41.7 Å². The molecule has 4 aromatic rings. The number of carbonyl (C=O) groups excluding carboxylic acids is 1. The van der Waals surface area contributed by atoms with E-state index in [0.717, 1.165) is 0 Å². The lowest BCUT2D eigenvalue weighted by Crippen LogP contribution is -2.29. The molecule has 1 aromatic carbocycles. The van der Waals surface area contributed by atoms with Crippen LogP contribution in [0.3, 0.4) is 0 Å². The topological polar surface area (TPSA) is 91.2 Å². The Morgan fingerprint density at radius 2 is 1.65 bits per heavy atom. The quantitative estimate of drug-likeness (QED) is 0.310. The summed E-state index contributed by atoms with van der Waals surface area (Å²) in [5.41, 5.74) is 0.241. The number of amides is 1. The van der Waals surface area contributed by atoms with Gasteiger partial charge in [-0.15, -0.1) is 26.3 Å². The minimum atomic E-state index is -5.22. The summed E-state index contributed by atoms with van der Waals surface area (Å²) in [6, 6.07) is 7.14. The van der Waals surface area contributed by atoms with E-state index in [1.54, 1.807) is 24.3 Å². The van der Waals surface area contributed by atoms with Gasteiger partial charge in [0.15, 0.2) is 5.65 Å². The highest BCUT2D eigenvalue weighted by molar-refractivity contribution is 6.30. The Kier molecular flexibility index (Phi) is 6.86. The van der Waals surface area contributed by atoms with Crippen molar-refractivity contribution in [2.45, 2.75) is 25.7 Å². The van der Waals surface area contributed by atoms with Crippen LogP contribution in [0.5, 0.6) is 11.5 Å². The molecule has 1 atom stereocenters. The Bertz CT molecular complexity index is 1410. The van der Waals surface area contributed by atoms with E-state index in [1.807, 2.05) is 0 Å². The summed E-state index contributed by atoms with van der Waals surface area (Å²) in [6.45, 7) is 1.51. The number of hydrogen-bond donors (Lipinski definition) is 1. The van der Waals surface area contributed by atoms with Gasteiger partial charge in [0, 0.05) is 24.0 Å². The zero-order valence-corrected chi connectivity index (χ0v) is 19.2. The number of imidazole rings is 1. The number of benzene rings is 1. The number of nitrogens with zero attached hydrogens (tertiary/aromatic N) is 4. The van der Waals surface area contributed by atoms with Crippen LogP contribution in [0.15, 0.2) is 54.9 Å². The highest BCUT2D eigenvalue weighted by atomic mass is 35.5. The molecule has 3 heterocycles. The number of carbonyl (C=O) groups is 1. The number of halogens is 7. The minimum absolute atomic E-state index is 0.228. The van der Waals surface area contributed by atoms with Crippen molar-refractivity contribution in [3.63, 3.8) is 0 Å². The maximum Gasteiger partial charge on any atom is 0.573 e. The van der Waals surface area contributed by atoms with E-state index in [0.29, 0.717) is 40.2 Å². The van der Waals surface area contributed by atoms with Crippen LogP contribution in [0.25, 0.3) is 17.0 Å². The van der Waals surface area contributed by atoms with Crippen molar-refractivity contribution in [1.82, 2.24) is 24.8 Å². The second-order valence-electron chi connectivity index (χ2n) is 7.47. The zero-order chi connectivity index (χ0) is 27.0. The first-order valence-electron chi connectivity index (χ1n) is 10.2. The fourth-order valence-electron chi connectivity index (χ4n) is 3.38. The predicted molar refractivity (Wildman–Crippen MR) is 117 cm³/mol. The predicted octanol–water partition coefficient (Wildman–Crippen LogP) is 5.76. The van der Waals surface area contributed by atoms with Gasteiger partial charge in [0.05, 0.1) is 11.1 Å². The molecule has 1 amide bonds. The van der Waals surface area contributed by atoms with Crippen molar-refractivity contribution in [1.29, 1.82) is 0 Å². The lowest BCUT2D eigenvalue weighted by molar-refractivity contribution is -0.276. The molecule has 0 aliphatic carbocycles. The van der Waals surface area contributed by atoms with Gasteiger partial charge in [0.1, 0.15) is 28.7 Å². The number of alkyl halides is 6. The molecule has 0 bridgehead atoms. The molecule has 4 rings (SSSR count). The smallest absolute Gasteiger partial charge is 0.406 e. The van der Waals surface area contributed by atoms with Crippen LogP contribution in [0, 0.1) is 0 Å². The Labute approximate surface area is 208 Å². The van der Waals surface area contributed by atoms with Crippen molar-refractivity contribution in [2.24, 2.45) is 0 Å². The third-order valence-electron chi connectivity index (χ3n) is 4.73. The van der Waals surface area contributed by atoms with Gasteiger partial charge in [-0.1, -0.05) is 11.6 Å². The second-order valence-corrected chi connectivity index (χ2v) is 7.91. The molecule has 0 radical (unpaired) electrons. The normalized spacial score (nSPS) is 12.9. The molecule has 194 valence electrons. The average Bonchev–Trinajstić information content (AvgIpc) is 3.17.